The lowest BCUT2D eigenvalue weighted by atomic mass is 10.0. The van der Waals surface area contributed by atoms with Crippen molar-refractivity contribution in [2.75, 3.05) is 24.7 Å². The number of nitrogens with one attached hydrogen (secondary N) is 2. The molecule has 0 saturated heterocycles. The van der Waals surface area contributed by atoms with E-state index < -0.39 is 10.9 Å². The van der Waals surface area contributed by atoms with Crippen LogP contribution in [0.15, 0.2) is 39.3 Å². The average Bonchev–Trinajstić information content (AvgIpc) is 3.24. The third-order valence-electron chi connectivity index (χ3n) is 4.94. The lowest BCUT2D eigenvalue weighted by molar-refractivity contribution is 0.0824. The number of nitrogens with zero attached hydrogens (tertiary/aromatic N) is 1. The minimum Gasteiger partial charge on any atom is -0.505 e. The number of anilines is 3. The maximum atomic E-state index is 12.2. The van der Waals surface area contributed by atoms with E-state index >= 15 is 0 Å². The number of rotatable bonds is 8. The molecule has 2 atom stereocenters. The van der Waals surface area contributed by atoms with Gasteiger partial charge in [-0.1, -0.05) is 25.5 Å². The molecule has 1 aliphatic rings. The number of hydrogen-bond donors (Lipinski definition) is 3. The van der Waals surface area contributed by atoms with Crippen molar-refractivity contribution in [2.24, 2.45) is 0 Å². The number of para-hydroxylation sites is 1. The van der Waals surface area contributed by atoms with Crippen molar-refractivity contribution in [1.82, 2.24) is 4.90 Å². The maximum absolute atomic E-state index is 12.2. The Morgan fingerprint density at radius 1 is 1.28 bits per heavy atom. The number of hydrogen-bond acceptors (Lipinski definition) is 7. The molecule has 1 aliphatic heterocycles. The molecular weight excluding hydrogens is 390 g/mol. The van der Waals surface area contributed by atoms with Crippen molar-refractivity contribution < 1.29 is 9.90 Å². The maximum Gasteiger partial charge on any atom is 0.257 e. The van der Waals surface area contributed by atoms with Crippen LogP contribution in [0.4, 0.5) is 17.1 Å². The van der Waals surface area contributed by atoms with Crippen LogP contribution in [0.1, 0.15) is 36.5 Å². The number of thioether (sulfide) groups is 1. The minimum absolute atomic E-state index is 0.0547. The zero-order valence-corrected chi connectivity index (χ0v) is 17.5. The van der Waals surface area contributed by atoms with Crippen LogP contribution >= 0.6 is 11.8 Å². The zero-order chi connectivity index (χ0) is 21.1. The standard InChI is InChI=1S/C21H25N3O4S/c1-4-7-13(15-10-6-11-29-15)22-16-17(20(27)19(16)26)23-14-9-5-8-12(18(14)25)21(28)24(2)3/h5-6,8-9,11,13,15,22-23,25H,4,7,10H2,1-3H3. The molecular formula is C21H25N3O4S. The van der Waals surface area contributed by atoms with E-state index in [1.54, 1.807) is 38.0 Å². The van der Waals surface area contributed by atoms with Crippen LogP contribution in [0.25, 0.3) is 0 Å². The number of aromatic hydroxyl groups is 1. The summed E-state index contributed by atoms with van der Waals surface area (Å²) in [4.78, 5) is 38.0. The van der Waals surface area contributed by atoms with Gasteiger partial charge in [-0.2, -0.15) is 0 Å². The summed E-state index contributed by atoms with van der Waals surface area (Å²) >= 11 is 1.72. The number of allylic oxidation sites excluding steroid dienone is 1. The number of carbonyl (C=O) groups is 1. The van der Waals surface area contributed by atoms with Gasteiger partial charge in [0, 0.05) is 25.4 Å². The number of amides is 1. The fourth-order valence-electron chi connectivity index (χ4n) is 3.35. The van der Waals surface area contributed by atoms with Crippen LogP contribution in [0.3, 0.4) is 0 Å². The highest BCUT2D eigenvalue weighted by Gasteiger charge is 2.29. The van der Waals surface area contributed by atoms with Gasteiger partial charge in [-0.05, 0) is 30.4 Å². The molecule has 0 saturated carbocycles. The van der Waals surface area contributed by atoms with Gasteiger partial charge in [0.05, 0.1) is 11.3 Å². The van der Waals surface area contributed by atoms with Crippen molar-refractivity contribution >= 4 is 34.7 Å². The Labute approximate surface area is 173 Å². The summed E-state index contributed by atoms with van der Waals surface area (Å²) in [5, 5.41) is 19.0. The largest absolute Gasteiger partial charge is 0.505 e. The first-order chi connectivity index (χ1) is 13.8. The van der Waals surface area contributed by atoms with Crippen molar-refractivity contribution in [1.29, 1.82) is 0 Å². The average molecular weight is 416 g/mol. The van der Waals surface area contributed by atoms with Crippen LogP contribution in [0.5, 0.6) is 5.75 Å². The molecule has 0 radical (unpaired) electrons. The Balaban J connectivity index is 1.86. The fraction of sp³-hybridized carbons (Fsp3) is 0.381. The van der Waals surface area contributed by atoms with Gasteiger partial charge >= 0.3 is 0 Å². The number of carbonyl (C=O) groups excluding carboxylic acids is 1. The number of benzene rings is 1. The molecule has 0 bridgehead atoms. The molecule has 0 fully saturated rings. The van der Waals surface area contributed by atoms with Crippen molar-refractivity contribution in [3.05, 3.63) is 55.7 Å². The van der Waals surface area contributed by atoms with Crippen molar-refractivity contribution in [3.8, 4) is 5.75 Å². The first-order valence-electron chi connectivity index (χ1n) is 9.56. The molecule has 1 heterocycles. The summed E-state index contributed by atoms with van der Waals surface area (Å²) < 4.78 is 0. The van der Waals surface area contributed by atoms with E-state index in [-0.39, 0.29) is 40.3 Å². The van der Waals surface area contributed by atoms with Crippen molar-refractivity contribution in [3.63, 3.8) is 0 Å². The predicted molar refractivity (Wildman–Crippen MR) is 118 cm³/mol. The highest BCUT2D eigenvalue weighted by atomic mass is 32.2. The summed E-state index contributed by atoms with van der Waals surface area (Å²) in [7, 11) is 3.18. The smallest absolute Gasteiger partial charge is 0.257 e. The summed E-state index contributed by atoms with van der Waals surface area (Å²) in [5.41, 5.74) is -0.517. The third kappa shape index (κ3) is 4.17. The van der Waals surface area contributed by atoms with Gasteiger partial charge in [-0.3, -0.25) is 14.4 Å². The second-order valence-electron chi connectivity index (χ2n) is 7.26. The third-order valence-corrected chi connectivity index (χ3v) is 6.16. The van der Waals surface area contributed by atoms with Gasteiger partial charge in [0.25, 0.3) is 16.8 Å². The van der Waals surface area contributed by atoms with E-state index in [1.165, 1.54) is 11.0 Å². The molecule has 154 valence electrons. The lowest BCUT2D eigenvalue weighted by Gasteiger charge is -2.26. The molecule has 8 heteroatoms. The Hall–Kier alpha value is -2.74. The Morgan fingerprint density at radius 3 is 2.62 bits per heavy atom. The first-order valence-corrected chi connectivity index (χ1v) is 10.5. The highest BCUT2D eigenvalue weighted by molar-refractivity contribution is 8.03. The topological polar surface area (TPSA) is 98.7 Å². The van der Waals surface area contributed by atoms with Crippen LogP contribution < -0.4 is 21.5 Å². The molecule has 0 aromatic heterocycles. The van der Waals surface area contributed by atoms with Gasteiger partial charge in [0.15, 0.2) is 5.75 Å². The molecule has 7 nitrogen and oxygen atoms in total. The predicted octanol–water partition coefficient (Wildman–Crippen LogP) is 3.03. The van der Waals surface area contributed by atoms with E-state index in [9.17, 15) is 19.5 Å². The minimum atomic E-state index is -0.635. The monoisotopic (exact) mass is 415 g/mol. The SMILES string of the molecule is CCCC(Nc1c(Nc2cccc(C(=O)N(C)C)c2O)c(=O)c1=O)C1CC=CS1. The molecule has 3 N–H and O–H groups in total. The quantitative estimate of drug-likeness (QED) is 0.450. The zero-order valence-electron chi connectivity index (χ0n) is 16.7. The highest BCUT2D eigenvalue weighted by Crippen LogP contribution is 2.34. The van der Waals surface area contributed by atoms with Gasteiger partial charge in [0.1, 0.15) is 11.4 Å². The molecule has 1 amide bonds. The van der Waals surface area contributed by atoms with Crippen LogP contribution in [0.2, 0.25) is 0 Å². The molecule has 3 rings (SSSR count). The summed E-state index contributed by atoms with van der Waals surface area (Å²) in [6.45, 7) is 2.08. The summed E-state index contributed by atoms with van der Waals surface area (Å²) in [5.74, 6) is -0.617. The first kappa shape index (κ1) is 21.0. The van der Waals surface area contributed by atoms with Crippen LogP contribution in [-0.2, 0) is 0 Å². The fourth-order valence-corrected chi connectivity index (χ4v) is 4.39. The molecule has 29 heavy (non-hydrogen) atoms. The van der Waals surface area contributed by atoms with Gasteiger partial charge < -0.3 is 20.6 Å². The molecule has 0 aliphatic carbocycles. The molecule has 0 spiro atoms. The second-order valence-corrected chi connectivity index (χ2v) is 8.41. The van der Waals surface area contributed by atoms with E-state index in [0.29, 0.717) is 5.25 Å². The van der Waals surface area contributed by atoms with Crippen molar-refractivity contribution in [2.45, 2.75) is 37.5 Å². The number of phenolic OH excluding ortho intramolecular Hbond substituents is 1. The van der Waals surface area contributed by atoms with Gasteiger partial charge in [0.2, 0.25) is 0 Å². The Kier molecular flexibility index (Phi) is 6.32. The van der Waals surface area contributed by atoms with Crippen LogP contribution in [0, 0.1) is 0 Å². The normalized spacial score (nSPS) is 16.7. The lowest BCUT2D eigenvalue weighted by Crippen LogP contribution is -2.41. The Morgan fingerprint density at radius 2 is 2.00 bits per heavy atom. The molecule has 2 aromatic carbocycles. The van der Waals surface area contributed by atoms with E-state index in [0.717, 1.165) is 19.3 Å². The molecule has 2 unspecified atom stereocenters. The summed E-state index contributed by atoms with van der Waals surface area (Å²) in [6.07, 6.45) is 4.83. The molecule has 2 aromatic rings. The van der Waals surface area contributed by atoms with E-state index in [2.05, 4.69) is 29.0 Å². The van der Waals surface area contributed by atoms with E-state index in [1.807, 2.05) is 0 Å². The van der Waals surface area contributed by atoms with Crippen LogP contribution in [-0.4, -0.2) is 41.3 Å². The van der Waals surface area contributed by atoms with Gasteiger partial charge in [-0.25, -0.2) is 0 Å². The Bertz CT molecular complexity index is 1000. The number of phenols is 1. The summed E-state index contributed by atoms with van der Waals surface area (Å²) in [6, 6.07) is 4.73. The second kappa shape index (κ2) is 8.73. The van der Waals surface area contributed by atoms with Gasteiger partial charge in [-0.15, -0.1) is 11.8 Å². The van der Waals surface area contributed by atoms with E-state index in [4.69, 9.17) is 0 Å².